The maximum absolute atomic E-state index is 12.3. The van der Waals surface area contributed by atoms with Crippen molar-refractivity contribution in [3.8, 4) is 23.0 Å². The van der Waals surface area contributed by atoms with Crippen molar-refractivity contribution in [3.05, 3.63) is 105 Å². The molecular weight excluding hydrogens is 1060 g/mol. The Morgan fingerprint density at radius 2 is 0.726 bits per heavy atom. The van der Waals surface area contributed by atoms with Crippen molar-refractivity contribution >= 4 is 58.9 Å². The highest BCUT2D eigenvalue weighted by Gasteiger charge is 2.26. The predicted octanol–water partition coefficient (Wildman–Crippen LogP) is 11.2. The van der Waals surface area contributed by atoms with Crippen molar-refractivity contribution < 1.29 is 28.5 Å². The van der Waals surface area contributed by atoms with Crippen molar-refractivity contribution in [1.82, 2.24) is 40.5 Å². The number of hydrogen-bond donors (Lipinski definition) is 8. The number of amides is 2. The molecule has 452 valence electrons. The van der Waals surface area contributed by atoms with Gasteiger partial charge >= 0.3 is 0 Å². The summed E-state index contributed by atoms with van der Waals surface area (Å²) in [5.74, 6) is 4.44. The van der Waals surface area contributed by atoms with Crippen LogP contribution in [0.3, 0.4) is 0 Å². The van der Waals surface area contributed by atoms with Crippen molar-refractivity contribution in [2.45, 2.75) is 146 Å². The number of anilines is 8. The number of nitrogens with zero attached hydrogens (tertiary/aromatic N) is 6. The van der Waals surface area contributed by atoms with Crippen molar-refractivity contribution in [2.75, 3.05) is 85.3 Å². The van der Waals surface area contributed by atoms with Gasteiger partial charge in [0.2, 0.25) is 47.5 Å². The van der Waals surface area contributed by atoms with Crippen LogP contribution < -0.4 is 62.3 Å². The highest BCUT2D eigenvalue weighted by atomic mass is 16.5. The summed E-state index contributed by atoms with van der Waals surface area (Å²) in [4.78, 5) is 52.2. The number of nitrogen functional groups attached to an aromatic ring is 2. The lowest BCUT2D eigenvalue weighted by Gasteiger charge is -2.25. The Bertz CT molecular complexity index is 2870. The van der Waals surface area contributed by atoms with Crippen molar-refractivity contribution in [1.29, 1.82) is 0 Å². The van der Waals surface area contributed by atoms with Crippen LogP contribution in [0.4, 0.5) is 47.1 Å². The van der Waals surface area contributed by atoms with Crippen molar-refractivity contribution in [3.63, 3.8) is 0 Å². The van der Waals surface area contributed by atoms with Crippen LogP contribution >= 0.6 is 0 Å². The zero-order valence-corrected chi connectivity index (χ0v) is 51.2. The number of fused-ring (bicyclic) bond motifs is 8. The highest BCUT2D eigenvalue weighted by molar-refractivity contribution is 5.76. The highest BCUT2D eigenvalue weighted by Crippen LogP contribution is 2.42. The fraction of sp³-hybridized carbons (Fsp3) is 0.500. The molecule has 10 N–H and O–H groups in total. The Morgan fingerprint density at radius 3 is 1.02 bits per heavy atom. The first-order valence-electron chi connectivity index (χ1n) is 30.0. The number of nitrogens with one attached hydrogen (secondary N) is 6. The molecular formula is C64H90N14O6. The van der Waals surface area contributed by atoms with E-state index in [-0.39, 0.29) is 46.4 Å². The van der Waals surface area contributed by atoms with E-state index in [1.165, 1.54) is 0 Å². The summed E-state index contributed by atoms with van der Waals surface area (Å²) in [5.41, 5.74) is 21.2. The summed E-state index contributed by atoms with van der Waals surface area (Å²) in [5, 5.41) is 19.8. The number of benzene rings is 4. The maximum Gasteiger partial charge on any atom is 0.233 e. The lowest BCUT2D eigenvalue weighted by atomic mass is 9.90. The molecule has 0 radical (unpaired) electrons. The Labute approximate surface area is 496 Å². The molecule has 1 aliphatic rings. The van der Waals surface area contributed by atoms with E-state index in [4.69, 9.17) is 40.4 Å². The maximum atomic E-state index is 12.3. The quantitative estimate of drug-likeness (QED) is 0.0208. The minimum Gasteiger partial charge on any atom is -0.493 e. The van der Waals surface area contributed by atoms with Crippen LogP contribution in [-0.4, -0.2) is 94.3 Å². The molecule has 4 aromatic carbocycles. The lowest BCUT2D eigenvalue weighted by Crippen LogP contribution is -2.38. The predicted molar refractivity (Wildman–Crippen MR) is 336 cm³/mol. The van der Waals surface area contributed by atoms with E-state index in [2.05, 4.69) is 168 Å². The Balaban J connectivity index is 1.34. The average molecular weight is 1150 g/mol. The minimum absolute atomic E-state index is 0.0252. The Kier molecular flexibility index (Phi) is 23.0. The molecule has 2 heterocycles. The number of nitrogens with two attached hydrogens (primary N) is 2. The summed E-state index contributed by atoms with van der Waals surface area (Å²) in [7, 11) is 0. The van der Waals surface area contributed by atoms with Gasteiger partial charge in [-0.3, -0.25) is 9.59 Å². The zero-order valence-electron chi connectivity index (χ0n) is 51.2. The molecule has 0 fully saturated rings. The largest absolute Gasteiger partial charge is 0.493 e. The van der Waals surface area contributed by atoms with Gasteiger partial charge in [-0.2, -0.15) is 29.9 Å². The van der Waals surface area contributed by atoms with Crippen LogP contribution in [0, 0.1) is 10.8 Å². The molecule has 1 aliphatic carbocycles. The Hall–Kier alpha value is -8.16. The van der Waals surface area contributed by atoms with E-state index in [1.54, 1.807) is 0 Å². The number of carbonyl (C=O) groups is 2. The second-order valence-electron chi connectivity index (χ2n) is 23.2. The molecule has 0 unspecified atom stereocenters. The van der Waals surface area contributed by atoms with Crippen LogP contribution in [0.2, 0.25) is 0 Å². The molecule has 20 heteroatoms. The zero-order chi connectivity index (χ0) is 60.2. The first kappa shape index (κ1) is 63.4. The van der Waals surface area contributed by atoms with E-state index >= 15 is 0 Å². The first-order valence-corrected chi connectivity index (χ1v) is 30.0. The van der Waals surface area contributed by atoms with E-state index in [0.717, 1.165) is 117 Å². The van der Waals surface area contributed by atoms with E-state index < -0.39 is 0 Å². The summed E-state index contributed by atoms with van der Waals surface area (Å²) in [6, 6.07) is 21.1. The molecule has 0 saturated carbocycles. The van der Waals surface area contributed by atoms with Gasteiger partial charge in [0.05, 0.1) is 26.4 Å². The SMILES string of the molecule is CCCOc1c2cccc1Cc1cc(Nc3nc(N)nc(NCC(C)(C)CNC(=O)CCC)n3)cc(c1OCCC)Cc1cccc(c1OCCC)Cc1cc(Nc3nc(N)nc(NCC(C)(C)CNC(=O)CCC)n3)cc(c1OCCC)C2. The smallest absolute Gasteiger partial charge is 0.233 e. The standard InChI is InChI=1S/C64H90N14O6/c1-11-19-51(79)67-37-63(7,8)39-69-59-73-57(65)75-61(77-59)71-49-33-45-29-41-21-17-23-43(53(41)81-25-13-3)31-47-35-50(72-62-76-58(66)74-60(78-62)70-40-64(9,10)38-68-52(80)20-12-2)36-48(56(47)84-28-16-6)32-44-24-18-22-42(54(44)82-26-14-4)30-46(34-49)55(45)83-27-15-5/h17-18,21-24,33-36H,11-16,19-20,25-32,37-40H2,1-10H3,(H,67,79)(H,68,80)(H4,65,69,71,73,75,77)(H4,66,70,72,74,76,78). The number of ether oxygens (including phenoxy) is 4. The number of hydrogen-bond acceptors (Lipinski definition) is 18. The van der Waals surface area contributed by atoms with Gasteiger partial charge in [0, 0.05) is 98.3 Å². The summed E-state index contributed by atoms with van der Waals surface area (Å²) >= 11 is 0. The van der Waals surface area contributed by atoms with Crippen molar-refractivity contribution in [2.24, 2.45) is 10.8 Å². The summed E-state index contributed by atoms with van der Waals surface area (Å²) < 4.78 is 27.4. The average Bonchev–Trinajstić information content (AvgIpc) is 2.47. The molecule has 0 atom stereocenters. The number of aromatic nitrogens is 6. The molecule has 8 bridgehead atoms. The van der Waals surface area contributed by atoms with Crippen LogP contribution in [0.5, 0.6) is 23.0 Å². The Morgan fingerprint density at radius 1 is 0.429 bits per heavy atom. The number of rotatable bonds is 30. The molecule has 2 amide bonds. The van der Waals surface area contributed by atoms with Gasteiger partial charge in [-0.05, 0) is 95.9 Å². The van der Waals surface area contributed by atoms with E-state index in [9.17, 15) is 9.59 Å². The molecule has 7 rings (SSSR count). The lowest BCUT2D eigenvalue weighted by molar-refractivity contribution is -0.122. The number of para-hydroxylation sites is 2. The van der Waals surface area contributed by atoms with E-state index in [1.807, 2.05) is 13.8 Å². The molecule has 20 nitrogen and oxygen atoms in total. The normalized spacial score (nSPS) is 12.2. The topological polar surface area (TPSA) is 273 Å². The molecule has 0 saturated heterocycles. The van der Waals surface area contributed by atoms with Gasteiger partial charge < -0.3 is 62.3 Å². The second-order valence-corrected chi connectivity index (χ2v) is 23.2. The van der Waals surface area contributed by atoms with Gasteiger partial charge in [0.25, 0.3) is 0 Å². The van der Waals surface area contributed by atoms with Gasteiger partial charge in [0.15, 0.2) is 0 Å². The minimum atomic E-state index is -0.318. The third kappa shape index (κ3) is 18.4. The van der Waals surface area contributed by atoms with Gasteiger partial charge in [-0.1, -0.05) is 106 Å². The number of carbonyl (C=O) groups excluding carboxylic acids is 2. The summed E-state index contributed by atoms with van der Waals surface area (Å²) in [6.45, 7) is 24.6. The molecule has 2 aromatic heterocycles. The van der Waals surface area contributed by atoms with Crippen LogP contribution in [0.1, 0.15) is 165 Å². The van der Waals surface area contributed by atoms with Crippen LogP contribution in [0.25, 0.3) is 0 Å². The van der Waals surface area contributed by atoms with Gasteiger partial charge in [0.1, 0.15) is 23.0 Å². The molecule has 84 heavy (non-hydrogen) atoms. The first-order chi connectivity index (χ1) is 40.4. The van der Waals surface area contributed by atoms with E-state index in [0.29, 0.717) is 103 Å². The van der Waals surface area contributed by atoms with Crippen LogP contribution in [0.15, 0.2) is 60.7 Å². The molecule has 0 spiro atoms. The fourth-order valence-electron chi connectivity index (χ4n) is 9.77. The molecule has 0 aliphatic heterocycles. The summed E-state index contributed by atoms with van der Waals surface area (Å²) in [6.07, 6.45) is 7.56. The monoisotopic (exact) mass is 1150 g/mol. The third-order valence-corrected chi connectivity index (χ3v) is 13.9. The fourth-order valence-corrected chi connectivity index (χ4v) is 9.77. The van der Waals surface area contributed by atoms with Crippen LogP contribution in [-0.2, 0) is 35.3 Å². The second kappa shape index (κ2) is 30.4. The van der Waals surface area contributed by atoms with Gasteiger partial charge in [-0.15, -0.1) is 0 Å². The van der Waals surface area contributed by atoms with Gasteiger partial charge in [-0.25, -0.2) is 0 Å². The molecule has 6 aromatic rings. The third-order valence-electron chi connectivity index (χ3n) is 13.9.